The Balaban J connectivity index is 1.05. The Kier molecular flexibility index (Phi) is 30.7. The van der Waals surface area contributed by atoms with Gasteiger partial charge in [0.05, 0.1) is 0 Å². The van der Waals surface area contributed by atoms with E-state index in [-0.39, 0.29) is 0 Å². The number of rotatable bonds is 38. The van der Waals surface area contributed by atoms with Crippen LogP contribution < -0.4 is 20.4 Å². The Morgan fingerprint density at radius 1 is 0.279 bits per heavy atom. The molecule has 1 heterocycles. The molecule has 0 spiro atoms. The highest BCUT2D eigenvalue weighted by Crippen LogP contribution is 2.48. The normalized spacial score (nSPS) is 15.4. The zero-order valence-electron chi connectivity index (χ0n) is 44.1. The molecule has 0 radical (unpaired) electrons. The molecule has 1 fully saturated rings. The molecule has 0 amide bonds. The van der Waals surface area contributed by atoms with Crippen molar-refractivity contribution < 1.29 is 0 Å². The molecular formula is C64H100N2P2. The topological polar surface area (TPSA) is 6.48 Å². The zero-order chi connectivity index (χ0) is 47.4. The first-order valence-corrected chi connectivity index (χ1v) is 32.4. The monoisotopic (exact) mass is 959 g/mol. The summed E-state index contributed by atoms with van der Waals surface area (Å²) < 4.78 is 0. The summed E-state index contributed by atoms with van der Waals surface area (Å²) >= 11 is 0. The van der Waals surface area contributed by atoms with E-state index in [1.54, 1.807) is 0 Å². The molecule has 2 nitrogen and oxygen atoms in total. The first kappa shape index (κ1) is 56.3. The summed E-state index contributed by atoms with van der Waals surface area (Å²) in [6.07, 6.45) is 52.4. The predicted molar refractivity (Wildman–Crippen MR) is 310 cm³/mol. The van der Waals surface area contributed by atoms with E-state index in [1.165, 1.54) is 251 Å². The van der Waals surface area contributed by atoms with Crippen LogP contribution in [0.15, 0.2) is 109 Å². The van der Waals surface area contributed by atoms with Gasteiger partial charge in [0, 0.05) is 36.5 Å². The van der Waals surface area contributed by atoms with Gasteiger partial charge in [-0.3, -0.25) is 0 Å². The summed E-state index contributed by atoms with van der Waals surface area (Å²) in [7, 11) is -0.860. The van der Waals surface area contributed by atoms with E-state index >= 15 is 0 Å². The second-order valence-electron chi connectivity index (χ2n) is 20.8. The van der Waals surface area contributed by atoms with E-state index in [2.05, 4.69) is 133 Å². The summed E-state index contributed by atoms with van der Waals surface area (Å²) in [5.41, 5.74) is 5.82. The predicted octanol–water partition coefficient (Wildman–Crippen LogP) is 20.1. The third-order valence-electron chi connectivity index (χ3n) is 14.8. The van der Waals surface area contributed by atoms with Gasteiger partial charge in [-0.05, 0) is 87.5 Å². The minimum atomic E-state index is -0.430. The lowest BCUT2D eigenvalue weighted by atomic mass is 10.0. The molecule has 4 aromatic carbocycles. The Bertz CT molecular complexity index is 1600. The van der Waals surface area contributed by atoms with E-state index < -0.39 is 15.8 Å². The first-order chi connectivity index (χ1) is 33.7. The average molecular weight is 959 g/mol. The van der Waals surface area contributed by atoms with E-state index in [0.717, 1.165) is 25.1 Å². The highest BCUT2D eigenvalue weighted by molar-refractivity contribution is 7.67. The van der Waals surface area contributed by atoms with Crippen molar-refractivity contribution in [3.8, 4) is 0 Å². The Morgan fingerprint density at radius 2 is 0.515 bits per heavy atom. The Hall–Kier alpha value is -2.66. The van der Waals surface area contributed by atoms with Gasteiger partial charge in [-0.25, -0.2) is 0 Å². The van der Waals surface area contributed by atoms with E-state index in [0.29, 0.717) is 0 Å². The van der Waals surface area contributed by atoms with Crippen molar-refractivity contribution in [3.63, 3.8) is 0 Å². The summed E-state index contributed by atoms with van der Waals surface area (Å²) in [6, 6.07) is 42.6. The van der Waals surface area contributed by atoms with Crippen LogP contribution in [0.25, 0.3) is 0 Å². The molecule has 1 aliphatic rings. The number of unbranched alkanes of at least 4 members (excludes halogenated alkanes) is 30. The molecule has 1 saturated heterocycles. The average Bonchev–Trinajstić information content (AvgIpc) is 3.37. The summed E-state index contributed by atoms with van der Waals surface area (Å²) in [5, 5.41) is 3.03. The van der Waals surface area contributed by atoms with Crippen LogP contribution in [0.4, 0.5) is 11.4 Å². The van der Waals surface area contributed by atoms with Crippen LogP contribution in [0.5, 0.6) is 0 Å². The second-order valence-corrected chi connectivity index (χ2v) is 25.2. The highest BCUT2D eigenvalue weighted by Gasteiger charge is 2.28. The number of aryl methyl sites for hydroxylation is 2. The van der Waals surface area contributed by atoms with Crippen molar-refractivity contribution in [1.29, 1.82) is 0 Å². The lowest BCUT2D eigenvalue weighted by Crippen LogP contribution is -2.38. The number of nitrogens with zero attached hydrogens (tertiary/aromatic N) is 2. The summed E-state index contributed by atoms with van der Waals surface area (Å²) in [5.74, 6) is 0. The van der Waals surface area contributed by atoms with E-state index in [9.17, 15) is 0 Å². The largest absolute Gasteiger partial charge is 0.363 e. The van der Waals surface area contributed by atoms with Gasteiger partial charge in [0.15, 0.2) is 0 Å². The lowest BCUT2D eigenvalue weighted by molar-refractivity contribution is 0.529. The molecular weight excluding hydrogens is 859 g/mol. The fourth-order valence-corrected chi connectivity index (χ4v) is 15.5. The van der Waals surface area contributed by atoms with Crippen LogP contribution in [0.3, 0.4) is 0 Å². The third kappa shape index (κ3) is 24.0. The van der Waals surface area contributed by atoms with Crippen LogP contribution in [0.1, 0.15) is 230 Å². The molecule has 0 saturated carbocycles. The van der Waals surface area contributed by atoms with Crippen molar-refractivity contribution in [1.82, 2.24) is 0 Å². The summed E-state index contributed by atoms with van der Waals surface area (Å²) in [6.45, 7) is 4.62. The number of hydrogen-bond donors (Lipinski definition) is 0. The van der Waals surface area contributed by atoms with Gasteiger partial charge in [0.25, 0.3) is 0 Å². The molecule has 0 unspecified atom stereocenters. The van der Waals surface area contributed by atoms with Crippen LogP contribution in [-0.4, -0.2) is 25.1 Å². The van der Waals surface area contributed by atoms with Crippen LogP contribution >= 0.6 is 15.8 Å². The Labute approximate surface area is 423 Å². The van der Waals surface area contributed by atoms with Crippen molar-refractivity contribution in [2.75, 3.05) is 34.9 Å². The number of hydrogen-bond acceptors (Lipinski definition) is 2. The summed E-state index contributed by atoms with van der Waals surface area (Å²) in [4.78, 5) is 5.54. The van der Waals surface area contributed by atoms with Crippen molar-refractivity contribution in [2.45, 2.75) is 232 Å². The van der Waals surface area contributed by atoms with Gasteiger partial charge in [-0.1, -0.05) is 291 Å². The quantitative estimate of drug-likeness (QED) is 0.0326. The molecule has 5 rings (SSSR count). The number of benzene rings is 4. The van der Waals surface area contributed by atoms with Gasteiger partial charge in [0.2, 0.25) is 0 Å². The van der Waals surface area contributed by atoms with Crippen molar-refractivity contribution in [3.05, 3.63) is 120 Å². The van der Waals surface area contributed by atoms with Crippen LogP contribution in [0, 0.1) is 0 Å². The lowest BCUT2D eigenvalue weighted by Gasteiger charge is -2.41. The molecule has 0 bridgehead atoms. The standard InChI is InChI=1S/C64H100N2P2/c1-3-5-7-9-11-13-15-17-19-21-23-25-27-29-31-35-41-59-47-51-61(52-48-59)65-55-67(63-43-37-33-38-44-63)57-66(58-68(56-65)64-45-39-34-40-46-64)62-53-49-60(50-54-62)42-36-32-30-28-26-24-22-20-18-16-14-12-10-8-6-4-2/h33-34,37-40,43-54H,3-32,35-36,41-42,55-58H2,1-2H3. The maximum Gasteiger partial charge on any atom is 0.0438 e. The van der Waals surface area contributed by atoms with Crippen LogP contribution in [-0.2, 0) is 12.8 Å². The minimum Gasteiger partial charge on any atom is -0.363 e. The molecule has 68 heavy (non-hydrogen) atoms. The minimum absolute atomic E-state index is 0.430. The van der Waals surface area contributed by atoms with Gasteiger partial charge >= 0.3 is 0 Å². The number of anilines is 2. The van der Waals surface area contributed by atoms with E-state index in [4.69, 9.17) is 0 Å². The molecule has 4 heteroatoms. The van der Waals surface area contributed by atoms with Crippen molar-refractivity contribution in [2.24, 2.45) is 0 Å². The zero-order valence-corrected chi connectivity index (χ0v) is 45.8. The molecule has 0 N–H and O–H groups in total. The smallest absolute Gasteiger partial charge is 0.0438 e. The van der Waals surface area contributed by atoms with E-state index in [1.807, 2.05) is 0 Å². The fourth-order valence-electron chi connectivity index (χ4n) is 10.4. The highest BCUT2D eigenvalue weighted by atomic mass is 31.1. The van der Waals surface area contributed by atoms with Crippen LogP contribution in [0.2, 0.25) is 0 Å². The van der Waals surface area contributed by atoms with Crippen molar-refractivity contribution >= 4 is 37.8 Å². The SMILES string of the molecule is CCCCCCCCCCCCCCCCCCc1ccc(N2CP(c3ccccc3)CN(c3ccc(CCCCCCCCCCCCCCCCCC)cc3)CP(c3ccccc3)C2)cc1. The Morgan fingerprint density at radius 3 is 0.765 bits per heavy atom. The molecule has 0 atom stereocenters. The van der Waals surface area contributed by atoms with Gasteiger partial charge in [-0.15, -0.1) is 0 Å². The fraction of sp³-hybridized carbons (Fsp3) is 0.625. The van der Waals surface area contributed by atoms with Gasteiger partial charge in [-0.2, -0.15) is 0 Å². The first-order valence-electron chi connectivity index (χ1n) is 29.0. The molecule has 1 aliphatic heterocycles. The third-order valence-corrected chi connectivity index (χ3v) is 19.6. The second kappa shape index (κ2) is 37.2. The molecule has 376 valence electrons. The molecule has 0 aliphatic carbocycles. The molecule has 4 aromatic rings. The molecule has 0 aromatic heterocycles. The maximum atomic E-state index is 2.77. The van der Waals surface area contributed by atoms with Gasteiger partial charge in [0.1, 0.15) is 0 Å². The van der Waals surface area contributed by atoms with Gasteiger partial charge < -0.3 is 9.80 Å². The maximum absolute atomic E-state index is 2.77.